The smallest absolute Gasteiger partial charge is 0.870 e. The summed E-state index contributed by atoms with van der Waals surface area (Å²) in [6, 6.07) is 0. The second-order valence-corrected chi connectivity index (χ2v) is 1.22. The molecule has 0 fully saturated rings. The molecule has 0 saturated heterocycles. The van der Waals surface area contributed by atoms with Crippen LogP contribution in [0.2, 0.25) is 0 Å². The molecule has 0 saturated carbocycles. The van der Waals surface area contributed by atoms with Crippen LogP contribution in [0.4, 0.5) is 0 Å². The molecule has 0 amide bonds. The maximum absolute atomic E-state index is 8.52. The van der Waals surface area contributed by atoms with Crippen molar-refractivity contribution in [1.82, 2.24) is 0 Å². The van der Waals surface area contributed by atoms with E-state index in [-0.39, 0.29) is 72.8 Å². The predicted octanol–water partition coefficient (Wildman–Crippen LogP) is -4.89. The molecule has 8 heavy (non-hydrogen) atoms. The van der Waals surface area contributed by atoms with Crippen LogP contribution in [0.3, 0.4) is 0 Å². The second-order valence-electron chi connectivity index (χ2n) is 0.408. The van der Waals surface area contributed by atoms with Crippen LogP contribution in [0.15, 0.2) is 0 Å². The second kappa shape index (κ2) is 9.09. The van der Waals surface area contributed by atoms with Gasteiger partial charge in [-0.3, -0.25) is 8.42 Å². The van der Waals surface area contributed by atoms with E-state index in [9.17, 15) is 0 Å². The van der Waals surface area contributed by atoms with Gasteiger partial charge >= 0.3 is 67.3 Å². The molecule has 0 aliphatic rings. The Morgan fingerprint density at radius 1 is 1.12 bits per heavy atom. The van der Waals surface area contributed by atoms with Crippen molar-refractivity contribution in [2.45, 2.75) is 0 Å². The van der Waals surface area contributed by atoms with E-state index in [0.717, 1.165) is 0 Å². The Morgan fingerprint density at radius 2 is 1.12 bits per heavy atom. The molecule has 8 heteroatoms. The van der Waals surface area contributed by atoms with Crippen LogP contribution in [0.1, 0.15) is 0 Å². The molecule has 0 radical (unpaired) electrons. The third kappa shape index (κ3) is 93.1. The summed E-state index contributed by atoms with van der Waals surface area (Å²) >= 11 is 0. The van der Waals surface area contributed by atoms with Gasteiger partial charge in [-0.25, -0.2) is 0 Å². The van der Waals surface area contributed by atoms with Gasteiger partial charge in [0.2, 0.25) is 0 Å². The molecular weight excluding hydrogens is 175 g/mol. The molecule has 0 unspecified atom stereocenters. The van der Waals surface area contributed by atoms with E-state index >= 15 is 0 Å². The summed E-state index contributed by atoms with van der Waals surface area (Å²) in [5.41, 5.74) is 0. The van der Waals surface area contributed by atoms with Crippen LogP contribution >= 0.6 is 0 Å². The fourth-order valence-corrected chi connectivity index (χ4v) is 0. The van der Waals surface area contributed by atoms with Gasteiger partial charge in [0.05, 0.1) is 0 Å². The van der Waals surface area contributed by atoms with E-state index in [0.29, 0.717) is 0 Å². The van der Waals surface area contributed by atoms with Gasteiger partial charge in [0.25, 0.3) is 0 Å². The van der Waals surface area contributed by atoms with Crippen LogP contribution in [-0.4, -0.2) is 60.7 Å². The Kier molecular flexibility index (Phi) is 25.5. The van der Waals surface area contributed by atoms with Crippen molar-refractivity contribution in [3.63, 3.8) is 0 Å². The van der Waals surface area contributed by atoms with Crippen molar-refractivity contribution in [2.24, 2.45) is 0 Å². The topological polar surface area (TPSA) is 110 Å². The molecule has 40 valence electrons. The molecule has 0 atom stereocenters. The average molecular weight is 176 g/mol. The normalized spacial score (nSPS) is 7.25. The van der Waals surface area contributed by atoms with Gasteiger partial charge in [0.15, 0.2) is 0 Å². The maximum Gasteiger partial charge on any atom is 2.00 e. The maximum atomic E-state index is 8.52. The van der Waals surface area contributed by atoms with E-state index in [1.165, 1.54) is 0 Å². The van der Waals surface area contributed by atoms with Crippen LogP contribution in [0.25, 0.3) is 0 Å². The third-order valence-electron chi connectivity index (χ3n) is 0. The van der Waals surface area contributed by atoms with Crippen LogP contribution in [0, 0.1) is 0 Å². The van der Waals surface area contributed by atoms with Gasteiger partial charge in [-0.2, -0.15) is 0 Å². The van der Waals surface area contributed by atoms with Crippen molar-refractivity contribution < 1.29 is 52.6 Å². The van der Waals surface area contributed by atoms with E-state index in [1.54, 1.807) is 0 Å². The zero-order valence-corrected chi connectivity index (χ0v) is 9.22. The molecule has 0 aromatic carbocycles. The minimum atomic E-state index is -5.17. The summed E-state index contributed by atoms with van der Waals surface area (Å²) in [4.78, 5) is 0. The minimum absolute atomic E-state index is 0. The SMILES string of the molecule is O=S(=O)([O-])[O-].[Ca+2].[Na+].[OH-]. The number of hydrogen-bond donors (Lipinski definition) is 0. The van der Waals surface area contributed by atoms with Gasteiger partial charge in [-0.05, 0) is 0 Å². The number of rotatable bonds is 0. The van der Waals surface area contributed by atoms with Gasteiger partial charge < -0.3 is 14.6 Å². The summed E-state index contributed by atoms with van der Waals surface area (Å²) in [6.45, 7) is 0. The van der Waals surface area contributed by atoms with E-state index in [4.69, 9.17) is 17.5 Å². The molecule has 0 aromatic rings. The van der Waals surface area contributed by atoms with Crippen LogP contribution in [-0.2, 0) is 10.4 Å². The van der Waals surface area contributed by atoms with E-state index < -0.39 is 10.4 Å². The Labute approximate surface area is 99.0 Å². The Balaban J connectivity index is -0.0000000267. The van der Waals surface area contributed by atoms with Crippen LogP contribution < -0.4 is 29.6 Å². The largest absolute Gasteiger partial charge is 2.00 e. The van der Waals surface area contributed by atoms with Crippen LogP contribution in [0.5, 0.6) is 0 Å². The van der Waals surface area contributed by atoms with Crippen molar-refractivity contribution in [3.05, 3.63) is 0 Å². The zero-order chi connectivity index (χ0) is 4.50. The third-order valence-corrected chi connectivity index (χ3v) is 0. The summed E-state index contributed by atoms with van der Waals surface area (Å²) in [7, 11) is -5.17. The molecule has 0 heterocycles. The molecule has 0 rings (SSSR count). The number of hydrogen-bond acceptors (Lipinski definition) is 5. The minimum Gasteiger partial charge on any atom is -0.870 e. The van der Waals surface area contributed by atoms with Crippen molar-refractivity contribution in [2.75, 3.05) is 0 Å². The summed E-state index contributed by atoms with van der Waals surface area (Å²) < 4.78 is 34.1. The Bertz CT molecular complexity index is 95.6. The zero-order valence-electron chi connectivity index (χ0n) is 4.20. The first-order chi connectivity index (χ1) is 2.00. The first-order valence-corrected chi connectivity index (χ1v) is 2.00. The summed E-state index contributed by atoms with van der Waals surface area (Å²) in [5, 5.41) is 0. The van der Waals surface area contributed by atoms with Gasteiger partial charge in [0, 0.05) is 10.4 Å². The van der Waals surface area contributed by atoms with Gasteiger partial charge in [-0.1, -0.05) is 0 Å². The first kappa shape index (κ1) is 22.5. The fourth-order valence-electron chi connectivity index (χ4n) is 0. The Morgan fingerprint density at radius 3 is 1.12 bits per heavy atom. The molecule has 1 N–H and O–H groups in total. The quantitative estimate of drug-likeness (QED) is 0.209. The molecule has 5 nitrogen and oxygen atoms in total. The van der Waals surface area contributed by atoms with Gasteiger partial charge in [0.1, 0.15) is 0 Å². The Hall–Kier alpha value is 2.09. The van der Waals surface area contributed by atoms with E-state index in [1.807, 2.05) is 0 Å². The average Bonchev–Trinajstić information content (AvgIpc) is 0.722. The molecule has 0 spiro atoms. The monoisotopic (exact) mass is 176 g/mol. The van der Waals surface area contributed by atoms with Crippen molar-refractivity contribution in [1.29, 1.82) is 0 Å². The summed E-state index contributed by atoms with van der Waals surface area (Å²) in [5.74, 6) is 0. The fraction of sp³-hybridized carbons (Fsp3) is 0. The van der Waals surface area contributed by atoms with Gasteiger partial charge in [-0.15, -0.1) is 0 Å². The predicted molar refractivity (Wildman–Crippen MR) is 18.2 cm³/mol. The standard InChI is InChI=1S/Ca.Na.H2O4S.H2O/c;;1-5(2,3)4;/h;;(H2,1,2,3,4);1H2/q+2;+1;;/p-3. The van der Waals surface area contributed by atoms with Crippen molar-refractivity contribution >= 4 is 48.1 Å². The van der Waals surface area contributed by atoms with E-state index in [2.05, 4.69) is 0 Å². The first-order valence-electron chi connectivity index (χ1n) is 0.667. The molecule has 0 aliphatic carbocycles. The van der Waals surface area contributed by atoms with Crippen molar-refractivity contribution in [3.8, 4) is 0 Å². The molecule has 0 aliphatic heterocycles. The molecule has 0 aromatic heterocycles. The molecule has 0 bridgehead atoms. The molecular formula is HCaNaO5S. The summed E-state index contributed by atoms with van der Waals surface area (Å²) in [6.07, 6.45) is 0.